The average molecular weight is 462 g/mol. The van der Waals surface area contributed by atoms with Crippen LogP contribution in [0.1, 0.15) is 72.1 Å². The molecule has 7 heteroatoms. The first-order chi connectivity index (χ1) is 15.8. The van der Waals surface area contributed by atoms with Gasteiger partial charge in [0.25, 0.3) is 0 Å². The number of oxime groups is 2. The van der Waals surface area contributed by atoms with Gasteiger partial charge in [-0.1, -0.05) is 31.1 Å². The SMILES string of the molecule is CC[C@H]1/C(=N/OC2CCNC2)CC[C@]2(C)C3CC[C@]4(C)C(=O)C(F)CC4C3C/C(=N\OC)C12. The maximum atomic E-state index is 14.6. The van der Waals surface area contributed by atoms with Gasteiger partial charge in [0.2, 0.25) is 0 Å². The van der Waals surface area contributed by atoms with E-state index in [1.807, 2.05) is 6.92 Å². The van der Waals surface area contributed by atoms with E-state index in [-0.39, 0.29) is 35.1 Å². The van der Waals surface area contributed by atoms with Crippen LogP contribution in [0.25, 0.3) is 0 Å². The van der Waals surface area contributed by atoms with Crippen LogP contribution in [0, 0.1) is 40.4 Å². The van der Waals surface area contributed by atoms with Crippen molar-refractivity contribution in [1.82, 2.24) is 5.32 Å². The first-order valence-electron chi connectivity index (χ1n) is 13.0. The second-order valence-electron chi connectivity index (χ2n) is 11.7. The summed E-state index contributed by atoms with van der Waals surface area (Å²) in [5.74, 6) is 1.24. The number of ketones is 1. The summed E-state index contributed by atoms with van der Waals surface area (Å²) in [4.78, 5) is 24.1. The minimum Gasteiger partial charge on any atom is -0.399 e. The molecular formula is C26H40FN3O3. The van der Waals surface area contributed by atoms with Crippen LogP contribution in [0.5, 0.6) is 0 Å². The lowest BCUT2D eigenvalue weighted by atomic mass is 9.43. The van der Waals surface area contributed by atoms with Gasteiger partial charge in [0.15, 0.2) is 12.0 Å². The van der Waals surface area contributed by atoms with Gasteiger partial charge < -0.3 is 15.0 Å². The van der Waals surface area contributed by atoms with Crippen molar-refractivity contribution in [3.63, 3.8) is 0 Å². The zero-order valence-electron chi connectivity index (χ0n) is 20.6. The Bertz CT molecular complexity index is 841. The minimum atomic E-state index is -1.30. The van der Waals surface area contributed by atoms with Gasteiger partial charge in [-0.3, -0.25) is 4.79 Å². The lowest BCUT2D eigenvalue weighted by Crippen LogP contribution is -2.59. The average Bonchev–Trinajstić information content (AvgIpc) is 3.40. The lowest BCUT2D eigenvalue weighted by Gasteiger charge is -2.61. The second kappa shape index (κ2) is 8.62. The number of alkyl halides is 1. The first-order valence-corrected chi connectivity index (χ1v) is 13.0. The van der Waals surface area contributed by atoms with Crippen molar-refractivity contribution >= 4 is 17.2 Å². The van der Waals surface area contributed by atoms with Crippen molar-refractivity contribution in [2.45, 2.75) is 84.4 Å². The molecule has 5 aliphatic rings. The summed E-state index contributed by atoms with van der Waals surface area (Å²) in [7, 11) is 1.62. The fourth-order valence-corrected chi connectivity index (χ4v) is 8.58. The van der Waals surface area contributed by atoms with E-state index in [1.54, 1.807) is 7.11 Å². The molecule has 0 amide bonds. The van der Waals surface area contributed by atoms with Crippen molar-refractivity contribution in [3.05, 3.63) is 0 Å². The topological polar surface area (TPSA) is 72.3 Å². The fraction of sp³-hybridized carbons (Fsp3) is 0.885. The molecule has 9 atom stereocenters. The highest BCUT2D eigenvalue weighted by atomic mass is 19.1. The molecule has 1 heterocycles. The minimum absolute atomic E-state index is 0.0493. The molecule has 0 aromatic rings. The van der Waals surface area contributed by atoms with Crippen LogP contribution in [-0.4, -0.2) is 49.7 Å². The Morgan fingerprint density at radius 2 is 1.97 bits per heavy atom. The van der Waals surface area contributed by atoms with E-state index < -0.39 is 11.6 Å². The summed E-state index contributed by atoms with van der Waals surface area (Å²) in [5, 5.41) is 12.6. The van der Waals surface area contributed by atoms with Gasteiger partial charge in [0, 0.05) is 30.2 Å². The summed E-state index contributed by atoms with van der Waals surface area (Å²) < 4.78 is 14.6. The van der Waals surface area contributed by atoms with Crippen LogP contribution in [0.15, 0.2) is 10.3 Å². The molecule has 6 unspecified atom stereocenters. The third-order valence-electron chi connectivity index (χ3n) is 10.2. The zero-order chi connectivity index (χ0) is 23.4. The van der Waals surface area contributed by atoms with E-state index in [4.69, 9.17) is 14.8 Å². The number of Topliss-reactive ketones (excluding diaryl/α,β-unsaturated/α-hetero) is 1. The Kier molecular flexibility index (Phi) is 6.07. The van der Waals surface area contributed by atoms with E-state index in [9.17, 15) is 9.18 Å². The Labute approximate surface area is 197 Å². The standard InChI is InChI=1S/C26H40FN3O3/c1-5-16-21(30-33-15-8-11-28-14-15)7-10-25(2)18-6-9-26(3)19(13-20(27)24(26)31)17(18)12-22(23(16)25)29-32-4/h15-20,23,28H,5-14H2,1-4H3/b29-22+,30-21+/t15?,16-,17?,18?,19?,20?,23?,25+,26-/m0/s1. The van der Waals surface area contributed by atoms with Crippen molar-refractivity contribution in [2.75, 3.05) is 20.2 Å². The number of hydrogen-bond acceptors (Lipinski definition) is 6. The smallest absolute Gasteiger partial charge is 0.173 e. The molecule has 0 spiro atoms. The second-order valence-corrected chi connectivity index (χ2v) is 11.7. The molecule has 184 valence electrons. The van der Waals surface area contributed by atoms with Gasteiger partial charge in [0.1, 0.15) is 13.2 Å². The Balaban J connectivity index is 1.47. The van der Waals surface area contributed by atoms with Crippen molar-refractivity contribution < 1.29 is 18.9 Å². The number of rotatable bonds is 4. The molecule has 5 fully saturated rings. The highest BCUT2D eigenvalue weighted by Crippen LogP contribution is 2.65. The van der Waals surface area contributed by atoms with Gasteiger partial charge in [-0.15, -0.1) is 0 Å². The van der Waals surface area contributed by atoms with Gasteiger partial charge in [-0.25, -0.2) is 4.39 Å². The highest BCUT2D eigenvalue weighted by molar-refractivity contribution is 5.97. The van der Waals surface area contributed by atoms with E-state index in [2.05, 4.69) is 24.3 Å². The molecule has 0 bridgehead atoms. The van der Waals surface area contributed by atoms with Gasteiger partial charge in [-0.2, -0.15) is 0 Å². The third kappa shape index (κ3) is 3.55. The zero-order valence-corrected chi connectivity index (χ0v) is 20.6. The fourth-order valence-electron chi connectivity index (χ4n) is 8.58. The predicted molar refractivity (Wildman–Crippen MR) is 126 cm³/mol. The van der Waals surface area contributed by atoms with Crippen LogP contribution < -0.4 is 5.32 Å². The lowest BCUT2D eigenvalue weighted by molar-refractivity contribution is -0.136. The molecule has 33 heavy (non-hydrogen) atoms. The number of carbonyl (C=O) groups is 1. The van der Waals surface area contributed by atoms with E-state index in [1.165, 1.54) is 0 Å². The van der Waals surface area contributed by atoms with Crippen LogP contribution in [0.2, 0.25) is 0 Å². The largest absolute Gasteiger partial charge is 0.399 e. The maximum absolute atomic E-state index is 14.6. The summed E-state index contributed by atoms with van der Waals surface area (Å²) in [5.41, 5.74) is 1.78. The Hall–Kier alpha value is -1.50. The molecule has 4 aliphatic carbocycles. The number of halogens is 1. The summed E-state index contributed by atoms with van der Waals surface area (Å²) in [6, 6.07) is 0. The van der Waals surface area contributed by atoms with Crippen LogP contribution in [0.4, 0.5) is 4.39 Å². The van der Waals surface area contributed by atoms with E-state index in [0.29, 0.717) is 18.3 Å². The Morgan fingerprint density at radius 1 is 1.15 bits per heavy atom. The van der Waals surface area contributed by atoms with Crippen LogP contribution in [0.3, 0.4) is 0 Å². The van der Waals surface area contributed by atoms with Gasteiger partial charge in [0.05, 0.1) is 11.4 Å². The van der Waals surface area contributed by atoms with Gasteiger partial charge >= 0.3 is 0 Å². The highest BCUT2D eigenvalue weighted by Gasteiger charge is 2.65. The monoisotopic (exact) mass is 461 g/mol. The van der Waals surface area contributed by atoms with Crippen LogP contribution in [-0.2, 0) is 14.5 Å². The number of hydrogen-bond donors (Lipinski definition) is 1. The summed E-state index contributed by atoms with van der Waals surface area (Å²) >= 11 is 0. The predicted octanol–water partition coefficient (Wildman–Crippen LogP) is 4.53. The molecule has 1 aliphatic heterocycles. The molecule has 1 saturated heterocycles. The molecule has 0 radical (unpaired) electrons. The number of nitrogens with one attached hydrogen (secondary N) is 1. The molecule has 5 rings (SSSR count). The molecule has 0 aromatic heterocycles. The maximum Gasteiger partial charge on any atom is 0.173 e. The van der Waals surface area contributed by atoms with Gasteiger partial charge in [-0.05, 0) is 74.7 Å². The van der Waals surface area contributed by atoms with Crippen molar-refractivity contribution in [3.8, 4) is 0 Å². The van der Waals surface area contributed by atoms with E-state index in [0.717, 1.165) is 69.5 Å². The quantitative estimate of drug-likeness (QED) is 0.625. The summed E-state index contributed by atoms with van der Waals surface area (Å²) in [6.07, 6.45) is 5.80. The number of nitrogens with zero attached hydrogens (tertiary/aromatic N) is 2. The van der Waals surface area contributed by atoms with E-state index >= 15 is 0 Å². The molecule has 4 saturated carbocycles. The third-order valence-corrected chi connectivity index (χ3v) is 10.2. The molecule has 1 N–H and O–H groups in total. The molecule has 6 nitrogen and oxygen atoms in total. The number of carbonyl (C=O) groups excluding carboxylic acids is 1. The summed E-state index contributed by atoms with van der Waals surface area (Å²) in [6.45, 7) is 8.54. The molecular weight excluding hydrogens is 421 g/mol. The normalized spacial score (nSPS) is 49.6. The van der Waals surface area contributed by atoms with Crippen molar-refractivity contribution in [2.24, 2.45) is 50.7 Å². The van der Waals surface area contributed by atoms with Crippen LogP contribution >= 0.6 is 0 Å². The van der Waals surface area contributed by atoms with Crippen molar-refractivity contribution in [1.29, 1.82) is 0 Å². The Morgan fingerprint density at radius 3 is 2.67 bits per heavy atom. The molecule has 0 aromatic carbocycles. The first kappa shape index (κ1) is 23.3. The number of fused-ring (bicyclic) bond motifs is 5.